The van der Waals surface area contributed by atoms with Crippen LogP contribution in [0.15, 0.2) is 41.9 Å². The third-order valence-corrected chi connectivity index (χ3v) is 5.72. The van der Waals surface area contributed by atoms with Gasteiger partial charge in [-0.2, -0.15) is 5.10 Å². The summed E-state index contributed by atoms with van der Waals surface area (Å²) in [6.45, 7) is 3.45. The van der Waals surface area contributed by atoms with Crippen molar-refractivity contribution in [1.29, 1.82) is 0 Å². The van der Waals surface area contributed by atoms with Crippen LogP contribution < -0.4 is 0 Å². The first-order chi connectivity index (χ1) is 12.7. The Morgan fingerprint density at radius 2 is 2.19 bits per heavy atom. The molecule has 1 aliphatic rings. The van der Waals surface area contributed by atoms with E-state index >= 15 is 0 Å². The van der Waals surface area contributed by atoms with Gasteiger partial charge < -0.3 is 4.90 Å². The zero-order chi connectivity index (χ0) is 17.9. The van der Waals surface area contributed by atoms with E-state index in [0.717, 1.165) is 37.4 Å². The Morgan fingerprint density at radius 3 is 2.96 bits per heavy atom. The molecule has 3 heterocycles. The van der Waals surface area contributed by atoms with Crippen LogP contribution in [-0.2, 0) is 6.42 Å². The molecule has 3 aromatic rings. The largest absolute Gasteiger partial charge is 0.337 e. The molecule has 1 aromatic carbocycles. The molecule has 1 aliphatic heterocycles. The number of nitrogens with one attached hydrogen (secondary N) is 1. The Morgan fingerprint density at radius 1 is 1.35 bits per heavy atom. The predicted octanol–water partition coefficient (Wildman–Crippen LogP) is 3.79. The van der Waals surface area contributed by atoms with Crippen LogP contribution in [0.2, 0.25) is 0 Å². The molecular formula is C20H22N4OS. The van der Waals surface area contributed by atoms with E-state index in [1.807, 2.05) is 29.5 Å². The van der Waals surface area contributed by atoms with E-state index in [1.165, 1.54) is 28.2 Å². The minimum absolute atomic E-state index is 0.0446. The molecule has 0 bridgehead atoms. The van der Waals surface area contributed by atoms with Gasteiger partial charge in [0.1, 0.15) is 5.69 Å². The topological polar surface area (TPSA) is 61.9 Å². The molecule has 0 radical (unpaired) electrons. The fourth-order valence-electron chi connectivity index (χ4n) is 3.65. The Kier molecular flexibility index (Phi) is 4.84. The first-order valence-electron chi connectivity index (χ1n) is 8.98. The van der Waals surface area contributed by atoms with Crippen LogP contribution in [0.1, 0.15) is 51.1 Å². The molecule has 26 heavy (non-hydrogen) atoms. The van der Waals surface area contributed by atoms with E-state index in [-0.39, 0.29) is 5.91 Å². The highest BCUT2D eigenvalue weighted by atomic mass is 32.1. The molecule has 1 amide bonds. The first-order valence-corrected chi connectivity index (χ1v) is 9.86. The van der Waals surface area contributed by atoms with Crippen molar-refractivity contribution in [3.63, 3.8) is 0 Å². The molecule has 1 atom stereocenters. The maximum Gasteiger partial charge on any atom is 0.273 e. The van der Waals surface area contributed by atoms with Crippen LogP contribution >= 0.6 is 11.3 Å². The van der Waals surface area contributed by atoms with Gasteiger partial charge in [-0.1, -0.05) is 30.3 Å². The Hall–Kier alpha value is -2.47. The van der Waals surface area contributed by atoms with E-state index in [9.17, 15) is 4.79 Å². The van der Waals surface area contributed by atoms with Crippen molar-refractivity contribution in [2.24, 2.45) is 0 Å². The molecule has 1 fully saturated rings. The van der Waals surface area contributed by atoms with Crippen molar-refractivity contribution in [2.75, 3.05) is 13.1 Å². The number of hydrogen-bond donors (Lipinski definition) is 1. The lowest BCUT2D eigenvalue weighted by Crippen LogP contribution is -2.39. The molecule has 0 spiro atoms. The number of hydrogen-bond acceptors (Lipinski definition) is 4. The van der Waals surface area contributed by atoms with E-state index in [1.54, 1.807) is 0 Å². The highest BCUT2D eigenvalue weighted by Gasteiger charge is 2.28. The molecule has 5 nitrogen and oxygen atoms in total. The van der Waals surface area contributed by atoms with Gasteiger partial charge in [-0.15, -0.1) is 11.3 Å². The van der Waals surface area contributed by atoms with Gasteiger partial charge in [-0.05, 0) is 30.9 Å². The second kappa shape index (κ2) is 7.41. The third-order valence-electron chi connectivity index (χ3n) is 4.94. The summed E-state index contributed by atoms with van der Waals surface area (Å²) >= 11 is 1.52. The smallest absolute Gasteiger partial charge is 0.273 e. The van der Waals surface area contributed by atoms with Gasteiger partial charge in [0.25, 0.3) is 5.91 Å². The van der Waals surface area contributed by atoms with Gasteiger partial charge in [0.15, 0.2) is 0 Å². The van der Waals surface area contributed by atoms with Gasteiger partial charge >= 0.3 is 0 Å². The van der Waals surface area contributed by atoms with Crippen LogP contribution in [0.25, 0.3) is 0 Å². The van der Waals surface area contributed by atoms with E-state index < -0.39 is 0 Å². The van der Waals surface area contributed by atoms with E-state index in [4.69, 9.17) is 0 Å². The summed E-state index contributed by atoms with van der Waals surface area (Å²) in [5.41, 5.74) is 4.24. The number of carbonyl (C=O) groups excluding carboxylic acids is 1. The van der Waals surface area contributed by atoms with Crippen molar-refractivity contribution in [1.82, 2.24) is 20.1 Å². The number of nitrogens with zero attached hydrogens (tertiary/aromatic N) is 3. The van der Waals surface area contributed by atoms with Crippen LogP contribution in [-0.4, -0.2) is 39.1 Å². The number of carbonyl (C=O) groups is 1. The van der Waals surface area contributed by atoms with Gasteiger partial charge in [-0.25, -0.2) is 4.98 Å². The maximum atomic E-state index is 12.7. The summed E-state index contributed by atoms with van der Waals surface area (Å²) in [5.74, 6) is 0.344. The number of aryl methyl sites for hydroxylation is 1. The maximum absolute atomic E-state index is 12.7. The van der Waals surface area contributed by atoms with Gasteiger partial charge in [0.2, 0.25) is 0 Å². The lowest BCUT2D eigenvalue weighted by atomic mass is 9.90. The molecule has 1 N–H and O–H groups in total. The summed E-state index contributed by atoms with van der Waals surface area (Å²) < 4.78 is 0. The number of thiazole rings is 1. The minimum Gasteiger partial charge on any atom is -0.337 e. The van der Waals surface area contributed by atoms with Gasteiger partial charge in [0, 0.05) is 36.5 Å². The molecule has 2 aromatic heterocycles. The standard InChI is InChI=1S/C20H22N4OS/c1-14-22-18(13-26-14)20(25)24-9-5-8-16(12-24)19-17(11-21-23-19)10-15-6-3-2-4-7-15/h2-4,6-7,11,13,16H,5,8-10,12H2,1H3,(H,21,23)/t16-/m0/s1. The fraction of sp³-hybridized carbons (Fsp3) is 0.350. The van der Waals surface area contributed by atoms with Crippen LogP contribution in [0.5, 0.6) is 0 Å². The second-order valence-electron chi connectivity index (χ2n) is 6.81. The number of H-pyrrole nitrogens is 1. The predicted molar refractivity (Wildman–Crippen MR) is 103 cm³/mol. The second-order valence-corrected chi connectivity index (χ2v) is 7.88. The molecular weight excluding hydrogens is 344 g/mol. The normalized spacial score (nSPS) is 17.4. The zero-order valence-corrected chi connectivity index (χ0v) is 15.6. The lowest BCUT2D eigenvalue weighted by molar-refractivity contribution is 0.0700. The van der Waals surface area contributed by atoms with Crippen molar-refractivity contribution >= 4 is 17.2 Å². The Labute approximate surface area is 157 Å². The average molecular weight is 366 g/mol. The highest BCUT2D eigenvalue weighted by Crippen LogP contribution is 2.29. The van der Waals surface area contributed by atoms with E-state index in [2.05, 4.69) is 39.4 Å². The van der Waals surface area contributed by atoms with Gasteiger partial charge in [0.05, 0.1) is 11.2 Å². The molecule has 1 saturated heterocycles. The van der Waals surface area contributed by atoms with E-state index in [0.29, 0.717) is 11.6 Å². The van der Waals surface area contributed by atoms with Crippen LogP contribution in [0.3, 0.4) is 0 Å². The summed E-state index contributed by atoms with van der Waals surface area (Å²) in [5, 5.41) is 10.3. The first kappa shape index (κ1) is 17.0. The molecule has 0 saturated carbocycles. The number of piperidine rings is 1. The molecule has 0 unspecified atom stereocenters. The number of rotatable bonds is 4. The number of aromatic amines is 1. The number of likely N-dealkylation sites (tertiary alicyclic amines) is 1. The lowest BCUT2D eigenvalue weighted by Gasteiger charge is -2.32. The summed E-state index contributed by atoms with van der Waals surface area (Å²) in [4.78, 5) is 19.0. The highest BCUT2D eigenvalue weighted by molar-refractivity contribution is 7.09. The Bertz CT molecular complexity index is 886. The molecule has 6 heteroatoms. The Balaban J connectivity index is 1.50. The van der Waals surface area contributed by atoms with Crippen molar-refractivity contribution in [3.8, 4) is 0 Å². The average Bonchev–Trinajstić information content (AvgIpc) is 3.31. The summed E-state index contributed by atoms with van der Waals surface area (Å²) in [7, 11) is 0. The van der Waals surface area contributed by atoms with Gasteiger partial charge in [-0.3, -0.25) is 9.89 Å². The SMILES string of the molecule is Cc1nc(C(=O)N2CCC[C@H](c3[nH]ncc3Cc3ccccc3)C2)cs1. The van der Waals surface area contributed by atoms with Crippen molar-refractivity contribution in [2.45, 2.75) is 32.1 Å². The number of amides is 1. The fourth-order valence-corrected chi connectivity index (χ4v) is 4.24. The zero-order valence-electron chi connectivity index (χ0n) is 14.8. The third kappa shape index (κ3) is 3.55. The minimum atomic E-state index is 0.0446. The van der Waals surface area contributed by atoms with Crippen molar-refractivity contribution in [3.05, 3.63) is 69.4 Å². The monoisotopic (exact) mass is 366 g/mol. The molecule has 134 valence electrons. The number of benzene rings is 1. The molecule has 4 rings (SSSR count). The van der Waals surface area contributed by atoms with Crippen molar-refractivity contribution < 1.29 is 4.79 Å². The van der Waals surface area contributed by atoms with Crippen LogP contribution in [0, 0.1) is 6.92 Å². The van der Waals surface area contributed by atoms with Crippen LogP contribution in [0.4, 0.5) is 0 Å². The summed E-state index contributed by atoms with van der Waals surface area (Å²) in [6, 6.07) is 10.4. The molecule has 0 aliphatic carbocycles. The summed E-state index contributed by atoms with van der Waals surface area (Å²) in [6.07, 6.45) is 4.86. The number of aromatic nitrogens is 3. The quantitative estimate of drug-likeness (QED) is 0.764.